The normalized spacial score (nSPS) is 20.3. The molecule has 2 aliphatic rings. The lowest BCUT2D eigenvalue weighted by Gasteiger charge is -2.18. The second kappa shape index (κ2) is 8.05. The Morgan fingerprint density at radius 3 is 2.90 bits per heavy atom. The Morgan fingerprint density at radius 2 is 2.20 bits per heavy atom. The Hall–Kier alpha value is -2.36. The van der Waals surface area contributed by atoms with Gasteiger partial charge in [-0.1, -0.05) is 6.92 Å². The summed E-state index contributed by atoms with van der Waals surface area (Å²) in [5.41, 5.74) is 2.07. The molecule has 0 saturated carbocycles. The van der Waals surface area contributed by atoms with E-state index in [9.17, 15) is 14.0 Å². The van der Waals surface area contributed by atoms with Crippen LogP contribution in [-0.2, 0) is 0 Å². The number of allylic oxidation sites excluding steroid dienone is 1. The van der Waals surface area contributed by atoms with Crippen molar-refractivity contribution in [1.29, 1.82) is 0 Å². The van der Waals surface area contributed by atoms with E-state index < -0.39 is 5.67 Å². The number of nitrogens with one attached hydrogen (secondary N) is 2. The number of alkyl halides is 2. The van der Waals surface area contributed by atoms with Crippen molar-refractivity contribution in [3.8, 4) is 5.75 Å². The molecule has 1 aliphatic heterocycles. The fraction of sp³-hybridized carbons (Fsp3) is 0.364. The van der Waals surface area contributed by atoms with Gasteiger partial charge in [0.05, 0.1) is 6.54 Å². The number of nitrogens with zero attached hydrogens (tertiary/aromatic N) is 1. The molecule has 0 bridgehead atoms. The molecule has 1 atom stereocenters. The number of likely N-dealkylation sites (tertiary alicyclic amines) is 1. The van der Waals surface area contributed by atoms with Gasteiger partial charge in [0.2, 0.25) is 0 Å². The first-order chi connectivity index (χ1) is 14.3. The van der Waals surface area contributed by atoms with Gasteiger partial charge in [0, 0.05) is 30.3 Å². The number of hydrogen-bond acceptors (Lipinski definition) is 4. The lowest BCUT2D eigenvalue weighted by atomic mass is 10.0. The van der Waals surface area contributed by atoms with Crippen molar-refractivity contribution in [3.63, 3.8) is 0 Å². The molecule has 1 aromatic heterocycles. The van der Waals surface area contributed by atoms with Crippen LogP contribution in [0.15, 0.2) is 29.8 Å². The molecular weight excluding hydrogens is 500 g/mol. The molecular formula is C22H23FIN3O3. The zero-order chi connectivity index (χ0) is 21.5. The zero-order valence-corrected chi connectivity index (χ0v) is 19.0. The number of aromatic nitrogens is 1. The number of amides is 1. The molecule has 0 spiro atoms. The molecule has 6 nitrogen and oxygen atoms in total. The van der Waals surface area contributed by atoms with Crippen LogP contribution in [0.5, 0.6) is 5.75 Å². The van der Waals surface area contributed by atoms with E-state index in [0.717, 1.165) is 11.3 Å². The molecule has 1 amide bonds. The summed E-state index contributed by atoms with van der Waals surface area (Å²) in [7, 11) is 0. The van der Waals surface area contributed by atoms with E-state index >= 15 is 0 Å². The predicted octanol–water partition coefficient (Wildman–Crippen LogP) is 5.09. The molecule has 1 fully saturated rings. The number of carbonyl (C=O) groups is 2. The molecule has 1 saturated heterocycles. The summed E-state index contributed by atoms with van der Waals surface area (Å²) in [4.78, 5) is 29.6. The van der Waals surface area contributed by atoms with Gasteiger partial charge in [-0.25, -0.2) is 4.39 Å². The minimum atomic E-state index is -1.31. The van der Waals surface area contributed by atoms with Crippen molar-refractivity contribution in [3.05, 3.63) is 46.7 Å². The van der Waals surface area contributed by atoms with Crippen LogP contribution < -0.4 is 10.1 Å². The first-order valence-corrected chi connectivity index (χ1v) is 11.4. The maximum atomic E-state index is 14.6. The maximum Gasteiger partial charge on any atom is 0.270 e. The van der Waals surface area contributed by atoms with Crippen molar-refractivity contribution in [2.45, 2.75) is 32.4 Å². The number of halogens is 2. The quantitative estimate of drug-likeness (QED) is 0.409. The Bertz CT molecular complexity index is 1050. The van der Waals surface area contributed by atoms with Crippen molar-refractivity contribution >= 4 is 51.9 Å². The number of ketones is 1. The highest BCUT2D eigenvalue weighted by atomic mass is 127. The van der Waals surface area contributed by atoms with Crippen LogP contribution in [0, 0.1) is 0 Å². The average molecular weight is 523 g/mol. The molecule has 2 N–H and O–H groups in total. The summed E-state index contributed by atoms with van der Waals surface area (Å²) in [6.07, 6.45) is 2.62. The number of H-pyrrole nitrogens is 1. The number of hydrogen-bond donors (Lipinski definition) is 2. The van der Waals surface area contributed by atoms with Crippen LogP contribution in [0.2, 0.25) is 0 Å². The SMILES string of the molecule is CCC1(F)CCN(C(=O)c2cc(OCI)c(Nc3ccc4c(c3)C=C(C)C4=O)[nH]2)C1. The van der Waals surface area contributed by atoms with Gasteiger partial charge in [0.25, 0.3) is 5.91 Å². The molecule has 1 aromatic carbocycles. The van der Waals surface area contributed by atoms with Gasteiger partial charge in [-0.15, -0.1) is 0 Å². The van der Waals surface area contributed by atoms with Crippen LogP contribution in [0.1, 0.15) is 53.1 Å². The lowest BCUT2D eigenvalue weighted by molar-refractivity contribution is 0.0744. The summed E-state index contributed by atoms with van der Waals surface area (Å²) < 4.78 is 20.6. The van der Waals surface area contributed by atoms with E-state index in [2.05, 4.69) is 32.9 Å². The number of anilines is 2. The van der Waals surface area contributed by atoms with E-state index in [1.54, 1.807) is 30.9 Å². The van der Waals surface area contributed by atoms with Crippen LogP contribution in [0.4, 0.5) is 15.9 Å². The van der Waals surface area contributed by atoms with Crippen molar-refractivity contribution in [1.82, 2.24) is 9.88 Å². The summed E-state index contributed by atoms with van der Waals surface area (Å²) in [5, 5.41) is 3.24. The topological polar surface area (TPSA) is 74.4 Å². The fourth-order valence-electron chi connectivity index (χ4n) is 3.91. The molecule has 4 rings (SSSR count). The van der Waals surface area contributed by atoms with Crippen LogP contribution in [0.25, 0.3) is 6.08 Å². The number of carbonyl (C=O) groups excluding carboxylic acids is 2. The molecule has 30 heavy (non-hydrogen) atoms. The van der Waals surface area contributed by atoms with Crippen molar-refractivity contribution in [2.24, 2.45) is 0 Å². The molecule has 2 aromatic rings. The minimum Gasteiger partial charge on any atom is -0.479 e. The van der Waals surface area contributed by atoms with E-state index in [1.807, 2.05) is 18.2 Å². The van der Waals surface area contributed by atoms with Gasteiger partial charge < -0.3 is 19.9 Å². The molecule has 8 heteroatoms. The Labute approximate surface area is 188 Å². The third kappa shape index (κ3) is 3.84. The molecule has 1 unspecified atom stereocenters. The van der Waals surface area contributed by atoms with Crippen LogP contribution in [0.3, 0.4) is 0 Å². The first kappa shape index (κ1) is 20.9. The number of rotatable bonds is 6. The molecule has 158 valence electrons. The van der Waals surface area contributed by atoms with Gasteiger partial charge in [-0.2, -0.15) is 0 Å². The Balaban J connectivity index is 1.57. The van der Waals surface area contributed by atoms with Gasteiger partial charge in [0.15, 0.2) is 17.4 Å². The summed E-state index contributed by atoms with van der Waals surface area (Å²) in [6.45, 7) is 4.11. The number of ether oxygens (including phenoxy) is 1. The lowest BCUT2D eigenvalue weighted by Crippen LogP contribution is -2.33. The predicted molar refractivity (Wildman–Crippen MR) is 123 cm³/mol. The third-order valence-corrected chi connectivity index (χ3v) is 6.05. The number of benzene rings is 1. The second-order valence-corrected chi connectivity index (χ2v) is 8.36. The van der Waals surface area contributed by atoms with Crippen molar-refractivity contribution < 1.29 is 18.7 Å². The maximum absolute atomic E-state index is 14.6. The van der Waals surface area contributed by atoms with Gasteiger partial charge in [-0.05, 0) is 71.3 Å². The fourth-order valence-corrected chi connectivity index (χ4v) is 4.24. The average Bonchev–Trinajstić information content (AvgIpc) is 3.39. The Kier molecular flexibility index (Phi) is 5.61. The second-order valence-electron chi connectivity index (χ2n) is 7.74. The van der Waals surface area contributed by atoms with E-state index in [-0.39, 0.29) is 18.2 Å². The highest BCUT2D eigenvalue weighted by molar-refractivity contribution is 14.1. The summed E-state index contributed by atoms with van der Waals surface area (Å²) in [5.74, 6) is 0.853. The summed E-state index contributed by atoms with van der Waals surface area (Å²) in [6, 6.07) is 7.14. The monoisotopic (exact) mass is 523 g/mol. The van der Waals surface area contributed by atoms with Gasteiger partial charge >= 0.3 is 0 Å². The molecule has 1 aliphatic carbocycles. The standard InChI is InChI=1S/C22H23FIN3O3/c1-3-22(23)6-7-27(11-22)21(29)17-10-18(30-12-24)20(26-17)25-15-4-5-16-14(9-15)8-13(2)19(16)28/h4-5,8-10,25-26H,3,6-7,11-12H2,1-2H3. The molecule has 0 radical (unpaired) electrons. The highest BCUT2D eigenvalue weighted by Gasteiger charge is 2.39. The highest BCUT2D eigenvalue weighted by Crippen LogP contribution is 2.34. The van der Waals surface area contributed by atoms with Crippen LogP contribution >= 0.6 is 22.6 Å². The number of Topliss-reactive ketones (excluding diaryl/α,β-unsaturated/α-hetero) is 1. The van der Waals surface area contributed by atoms with E-state index in [0.29, 0.717) is 52.4 Å². The Morgan fingerprint density at radius 1 is 1.40 bits per heavy atom. The molecule has 2 heterocycles. The third-order valence-electron chi connectivity index (χ3n) is 5.74. The first-order valence-electron chi connectivity index (χ1n) is 9.87. The number of fused-ring (bicyclic) bond motifs is 1. The minimum absolute atomic E-state index is 0.0415. The smallest absolute Gasteiger partial charge is 0.270 e. The number of aromatic amines is 1. The van der Waals surface area contributed by atoms with E-state index in [1.165, 1.54) is 0 Å². The van der Waals surface area contributed by atoms with Gasteiger partial charge in [0.1, 0.15) is 16.0 Å². The largest absolute Gasteiger partial charge is 0.479 e. The summed E-state index contributed by atoms with van der Waals surface area (Å²) >= 11 is 2.09. The van der Waals surface area contributed by atoms with Gasteiger partial charge in [-0.3, -0.25) is 9.59 Å². The van der Waals surface area contributed by atoms with E-state index in [4.69, 9.17) is 4.74 Å². The van der Waals surface area contributed by atoms with Crippen molar-refractivity contribution in [2.75, 3.05) is 23.0 Å². The van der Waals surface area contributed by atoms with Crippen LogP contribution in [-0.4, -0.2) is 44.9 Å². The zero-order valence-electron chi connectivity index (χ0n) is 16.9.